The minimum atomic E-state index is -0.538. The summed E-state index contributed by atoms with van der Waals surface area (Å²) < 4.78 is 4.59. The molecule has 0 aromatic heterocycles. The molecule has 12 heavy (non-hydrogen) atoms. The fourth-order valence-electron chi connectivity index (χ4n) is 0.494. The van der Waals surface area contributed by atoms with Crippen LogP contribution in [0.5, 0.6) is 0 Å². The molecule has 0 aliphatic rings. The molecule has 0 atom stereocenters. The van der Waals surface area contributed by atoms with Crippen molar-refractivity contribution in [3.63, 3.8) is 0 Å². The summed E-state index contributed by atoms with van der Waals surface area (Å²) in [5, 5.41) is 4.33. The van der Waals surface area contributed by atoms with Crippen molar-refractivity contribution in [1.29, 1.82) is 0 Å². The van der Waals surface area contributed by atoms with Crippen LogP contribution in [-0.4, -0.2) is 26.1 Å². The zero-order valence-corrected chi connectivity index (χ0v) is 7.30. The summed E-state index contributed by atoms with van der Waals surface area (Å²) in [6, 6.07) is -0.538. The van der Waals surface area contributed by atoms with Gasteiger partial charge >= 0.3 is 6.03 Å². The summed E-state index contributed by atoms with van der Waals surface area (Å²) in [6.45, 7) is 1.54. The van der Waals surface area contributed by atoms with E-state index >= 15 is 0 Å². The van der Waals surface area contributed by atoms with Crippen molar-refractivity contribution in [3.8, 4) is 0 Å². The average Bonchev–Trinajstić information content (AvgIpc) is 2.04. The van der Waals surface area contributed by atoms with Gasteiger partial charge in [-0.2, -0.15) is 0 Å². The summed E-state index contributed by atoms with van der Waals surface area (Å²) in [5.41, 5.74) is 0.334. The first-order valence-electron chi connectivity index (χ1n) is 3.34. The molecule has 0 fully saturated rings. The second-order valence-electron chi connectivity index (χ2n) is 2.07. The number of imide groups is 1. The van der Waals surface area contributed by atoms with Crippen molar-refractivity contribution in [2.75, 3.05) is 14.2 Å². The lowest BCUT2D eigenvalue weighted by molar-refractivity contribution is -0.116. The number of ether oxygens (including phenoxy) is 1. The lowest BCUT2D eigenvalue weighted by Crippen LogP contribution is -2.37. The highest BCUT2D eigenvalue weighted by molar-refractivity contribution is 6.03. The van der Waals surface area contributed by atoms with Gasteiger partial charge in [-0.05, 0) is 6.92 Å². The smallest absolute Gasteiger partial charge is 0.321 e. The van der Waals surface area contributed by atoms with Gasteiger partial charge in [-0.25, -0.2) is 4.79 Å². The first-order chi connectivity index (χ1) is 5.61. The van der Waals surface area contributed by atoms with Gasteiger partial charge < -0.3 is 10.1 Å². The molecule has 0 bridgehead atoms. The fourth-order valence-corrected chi connectivity index (χ4v) is 0.494. The van der Waals surface area contributed by atoms with E-state index in [4.69, 9.17) is 0 Å². The van der Waals surface area contributed by atoms with Crippen molar-refractivity contribution in [2.45, 2.75) is 6.92 Å². The molecule has 5 nitrogen and oxygen atoms in total. The molecule has 68 valence electrons. The van der Waals surface area contributed by atoms with Gasteiger partial charge in [-0.15, -0.1) is 0 Å². The standard InChI is InChI=1S/C7H12N2O3/c1-5(4-12-3)6(10)9-7(11)8-2/h4H,1-3H3,(H2,8,9,10,11)/b5-4+. The van der Waals surface area contributed by atoms with Crippen LogP contribution in [0.25, 0.3) is 0 Å². The number of rotatable bonds is 2. The highest BCUT2D eigenvalue weighted by atomic mass is 16.5. The summed E-state index contributed by atoms with van der Waals surface area (Å²) in [7, 11) is 2.86. The Bertz CT molecular complexity index is 211. The second-order valence-corrected chi connectivity index (χ2v) is 2.07. The van der Waals surface area contributed by atoms with Crippen LogP contribution in [0.4, 0.5) is 4.79 Å². The molecule has 0 rings (SSSR count). The molecule has 0 aromatic rings. The first kappa shape index (κ1) is 10.5. The Balaban J connectivity index is 4.04. The molecule has 0 saturated carbocycles. The van der Waals surface area contributed by atoms with Crippen LogP contribution >= 0.6 is 0 Å². The van der Waals surface area contributed by atoms with Gasteiger partial charge in [0.25, 0.3) is 5.91 Å². The summed E-state index contributed by atoms with van der Waals surface area (Å²) >= 11 is 0. The predicted molar refractivity (Wildman–Crippen MR) is 43.4 cm³/mol. The van der Waals surface area contributed by atoms with Gasteiger partial charge in [0.1, 0.15) is 0 Å². The average molecular weight is 172 g/mol. The monoisotopic (exact) mass is 172 g/mol. The molecule has 0 saturated heterocycles. The van der Waals surface area contributed by atoms with Gasteiger partial charge in [0, 0.05) is 12.6 Å². The minimum absolute atomic E-state index is 0.334. The topological polar surface area (TPSA) is 67.4 Å². The van der Waals surface area contributed by atoms with Gasteiger partial charge in [0.2, 0.25) is 0 Å². The van der Waals surface area contributed by atoms with E-state index in [0.717, 1.165) is 0 Å². The SMILES string of the molecule is CNC(=O)NC(=O)/C(C)=C/OC. The molecule has 0 heterocycles. The van der Waals surface area contributed by atoms with Crippen molar-refractivity contribution in [1.82, 2.24) is 10.6 Å². The normalized spacial score (nSPS) is 10.4. The number of carbonyl (C=O) groups is 2. The third kappa shape index (κ3) is 3.60. The summed E-state index contributed by atoms with van der Waals surface area (Å²) in [4.78, 5) is 21.6. The maximum atomic E-state index is 11.0. The van der Waals surface area contributed by atoms with E-state index in [2.05, 4.69) is 15.4 Å². The first-order valence-corrected chi connectivity index (χ1v) is 3.34. The molecular weight excluding hydrogens is 160 g/mol. The van der Waals surface area contributed by atoms with Crippen LogP contribution in [0.3, 0.4) is 0 Å². The Kier molecular flexibility index (Phi) is 4.52. The van der Waals surface area contributed by atoms with Gasteiger partial charge in [0.05, 0.1) is 13.4 Å². The van der Waals surface area contributed by atoms with Crippen molar-refractivity contribution >= 4 is 11.9 Å². The van der Waals surface area contributed by atoms with Crippen LogP contribution in [-0.2, 0) is 9.53 Å². The molecule has 0 aliphatic carbocycles. The Morgan fingerprint density at radius 2 is 2.00 bits per heavy atom. The Morgan fingerprint density at radius 3 is 2.42 bits per heavy atom. The predicted octanol–water partition coefficient (Wildman–Crippen LogP) is -0.00780. The number of nitrogens with one attached hydrogen (secondary N) is 2. The lowest BCUT2D eigenvalue weighted by atomic mass is 10.3. The van der Waals surface area contributed by atoms with Crippen LogP contribution in [0.15, 0.2) is 11.8 Å². The maximum Gasteiger partial charge on any atom is 0.321 e. The minimum Gasteiger partial charge on any atom is -0.504 e. The number of hydrogen-bond acceptors (Lipinski definition) is 3. The Labute approximate surface area is 70.8 Å². The maximum absolute atomic E-state index is 11.0. The van der Waals surface area contributed by atoms with E-state index in [-0.39, 0.29) is 0 Å². The highest BCUT2D eigenvalue weighted by Crippen LogP contribution is 1.91. The van der Waals surface area contributed by atoms with Crippen LogP contribution < -0.4 is 10.6 Å². The molecule has 0 aromatic carbocycles. The summed E-state index contributed by atoms with van der Waals surface area (Å²) in [5.74, 6) is -0.476. The number of hydrogen-bond donors (Lipinski definition) is 2. The van der Waals surface area contributed by atoms with Gasteiger partial charge in [0.15, 0.2) is 0 Å². The molecule has 0 aliphatic heterocycles. The molecule has 0 unspecified atom stereocenters. The van der Waals surface area contributed by atoms with E-state index in [9.17, 15) is 9.59 Å². The third-order valence-electron chi connectivity index (χ3n) is 1.11. The second kappa shape index (κ2) is 5.17. The zero-order valence-electron chi connectivity index (χ0n) is 7.30. The molecule has 0 spiro atoms. The molecule has 5 heteroatoms. The highest BCUT2D eigenvalue weighted by Gasteiger charge is 2.06. The van der Waals surface area contributed by atoms with Crippen LogP contribution in [0, 0.1) is 0 Å². The number of methoxy groups -OCH3 is 1. The Hall–Kier alpha value is -1.52. The quantitative estimate of drug-likeness (QED) is 0.455. The van der Waals surface area contributed by atoms with Crippen molar-refractivity contribution < 1.29 is 14.3 Å². The Morgan fingerprint density at radius 1 is 1.42 bits per heavy atom. The van der Waals surface area contributed by atoms with Crippen molar-refractivity contribution in [2.24, 2.45) is 0 Å². The molecule has 2 N–H and O–H groups in total. The molecule has 0 radical (unpaired) electrons. The fraction of sp³-hybridized carbons (Fsp3) is 0.429. The zero-order chi connectivity index (χ0) is 9.56. The molecular formula is C7H12N2O3. The number of amides is 3. The number of urea groups is 1. The van der Waals surface area contributed by atoms with E-state index < -0.39 is 11.9 Å². The van der Waals surface area contributed by atoms with Crippen LogP contribution in [0.1, 0.15) is 6.92 Å². The number of carbonyl (C=O) groups excluding carboxylic acids is 2. The third-order valence-corrected chi connectivity index (χ3v) is 1.11. The van der Waals surface area contributed by atoms with Crippen LogP contribution in [0.2, 0.25) is 0 Å². The van der Waals surface area contributed by atoms with Gasteiger partial charge in [-0.3, -0.25) is 10.1 Å². The van der Waals surface area contributed by atoms with E-state index in [0.29, 0.717) is 5.57 Å². The van der Waals surface area contributed by atoms with Gasteiger partial charge in [-0.1, -0.05) is 0 Å². The molecule has 3 amide bonds. The van der Waals surface area contributed by atoms with Crippen molar-refractivity contribution in [3.05, 3.63) is 11.8 Å². The largest absolute Gasteiger partial charge is 0.504 e. The van der Waals surface area contributed by atoms with E-state index in [1.807, 2.05) is 0 Å². The van der Waals surface area contributed by atoms with E-state index in [1.54, 1.807) is 6.92 Å². The lowest BCUT2D eigenvalue weighted by Gasteiger charge is -2.01. The van der Waals surface area contributed by atoms with E-state index in [1.165, 1.54) is 20.4 Å². The summed E-state index contributed by atoms with van der Waals surface area (Å²) in [6.07, 6.45) is 1.26.